The number of fused-ring (bicyclic) bond motifs is 1. The molecule has 2 N–H and O–H groups in total. The van der Waals surface area contributed by atoms with E-state index in [4.69, 9.17) is 4.74 Å². The van der Waals surface area contributed by atoms with E-state index in [-0.39, 0.29) is 12.3 Å². The third kappa shape index (κ3) is 5.63. The first-order valence-corrected chi connectivity index (χ1v) is 15.4. The molecule has 7 nitrogen and oxygen atoms in total. The summed E-state index contributed by atoms with van der Waals surface area (Å²) in [6.07, 6.45) is -1.68. The van der Waals surface area contributed by atoms with Gasteiger partial charge in [-0.2, -0.15) is 0 Å². The van der Waals surface area contributed by atoms with Crippen LogP contribution >= 0.6 is 23.1 Å². The van der Waals surface area contributed by atoms with Gasteiger partial charge in [0, 0.05) is 10.5 Å². The summed E-state index contributed by atoms with van der Waals surface area (Å²) >= 11 is 2.78. The average Bonchev–Trinajstić information content (AvgIpc) is 3.55. The summed E-state index contributed by atoms with van der Waals surface area (Å²) in [5.74, 6) is -1.31. The van der Waals surface area contributed by atoms with Crippen LogP contribution < -0.4 is 5.32 Å². The molecule has 3 heterocycles. The molecule has 4 aromatic rings. The predicted molar refractivity (Wildman–Crippen MR) is 162 cm³/mol. The Balaban J connectivity index is 1.30. The van der Waals surface area contributed by atoms with Crippen molar-refractivity contribution in [3.8, 4) is 0 Å². The Morgan fingerprint density at radius 3 is 2.02 bits per heavy atom. The normalized spacial score (nSPS) is 20.2. The van der Waals surface area contributed by atoms with Crippen LogP contribution in [0.5, 0.6) is 0 Å². The van der Waals surface area contributed by atoms with Crippen LogP contribution in [-0.2, 0) is 25.5 Å². The van der Waals surface area contributed by atoms with Crippen molar-refractivity contribution in [1.82, 2.24) is 10.2 Å². The Bertz CT molecular complexity index is 1540. The van der Waals surface area contributed by atoms with Crippen molar-refractivity contribution in [1.29, 1.82) is 0 Å². The van der Waals surface area contributed by atoms with E-state index in [2.05, 4.69) is 5.32 Å². The van der Waals surface area contributed by atoms with Crippen molar-refractivity contribution in [3.05, 3.63) is 141 Å². The number of hydrogen-bond acceptors (Lipinski definition) is 7. The van der Waals surface area contributed by atoms with Gasteiger partial charge in [0.2, 0.25) is 11.8 Å². The molecule has 1 saturated heterocycles. The number of aliphatic hydroxyl groups excluding tert-OH is 1. The van der Waals surface area contributed by atoms with Crippen LogP contribution in [0.1, 0.15) is 33.8 Å². The zero-order chi connectivity index (χ0) is 29.1. The van der Waals surface area contributed by atoms with E-state index < -0.39 is 41.5 Å². The number of ether oxygens (including phenoxy) is 1. The van der Waals surface area contributed by atoms with Gasteiger partial charge in [0.15, 0.2) is 12.1 Å². The fourth-order valence-corrected chi connectivity index (χ4v) is 7.22. The molecule has 0 radical (unpaired) electrons. The maximum atomic E-state index is 14.1. The van der Waals surface area contributed by atoms with E-state index in [1.54, 1.807) is 29.7 Å². The third-order valence-corrected chi connectivity index (χ3v) is 9.40. The van der Waals surface area contributed by atoms with E-state index in [1.165, 1.54) is 28.0 Å². The molecule has 0 spiro atoms. The highest BCUT2D eigenvalue weighted by molar-refractivity contribution is 8.03. The van der Waals surface area contributed by atoms with Crippen LogP contribution in [0.2, 0.25) is 0 Å². The largest absolute Gasteiger partial charge is 0.451 e. The summed E-state index contributed by atoms with van der Waals surface area (Å²) < 4.78 is 6.19. The molecule has 0 aliphatic carbocycles. The first-order chi connectivity index (χ1) is 20.5. The van der Waals surface area contributed by atoms with E-state index in [0.717, 1.165) is 16.0 Å². The second-order valence-electron chi connectivity index (χ2n) is 10.0. The van der Waals surface area contributed by atoms with Crippen molar-refractivity contribution in [2.75, 3.05) is 0 Å². The van der Waals surface area contributed by atoms with Gasteiger partial charge in [0.25, 0.3) is 0 Å². The lowest BCUT2D eigenvalue weighted by molar-refractivity contribution is -0.166. The number of carbonyl (C=O) groups excluding carboxylic acids is 3. The summed E-state index contributed by atoms with van der Waals surface area (Å²) in [6.45, 7) is 0. The molecule has 9 heteroatoms. The molecule has 1 aromatic heterocycles. The standard InChI is InChI=1S/C33H28N2O5S2/c36-26(19-24-17-10-18-41-24)34-27-31(38)35-28(25(20-42-32(27)35)29(37)21-11-4-1-5-12-21)33(39)40-30(22-13-6-2-7-14-22)23-15-8-3-9-16-23/h1-18,20,27-30,32,37H,19H2,(H,34,36)/t27-,28?,29?,32-/m1/s1. The Morgan fingerprint density at radius 1 is 0.857 bits per heavy atom. The minimum atomic E-state index is -1.17. The van der Waals surface area contributed by atoms with Gasteiger partial charge < -0.3 is 20.1 Å². The Hall–Kier alpha value is -4.18. The quantitative estimate of drug-likeness (QED) is 0.208. The first kappa shape index (κ1) is 28.0. The van der Waals surface area contributed by atoms with Crippen LogP contribution in [0.4, 0.5) is 0 Å². The van der Waals surface area contributed by atoms with Crippen molar-refractivity contribution in [3.63, 3.8) is 0 Å². The number of amides is 2. The van der Waals surface area contributed by atoms with Crippen LogP contribution in [0.15, 0.2) is 119 Å². The van der Waals surface area contributed by atoms with E-state index in [9.17, 15) is 19.5 Å². The number of nitrogens with one attached hydrogen (secondary N) is 1. The number of β-lactam (4-membered cyclic amide) rings is 1. The van der Waals surface area contributed by atoms with Gasteiger partial charge in [-0.25, -0.2) is 4.79 Å². The molecule has 4 atom stereocenters. The summed E-state index contributed by atoms with van der Waals surface area (Å²) in [5.41, 5.74) is 2.50. The van der Waals surface area contributed by atoms with Gasteiger partial charge in [-0.15, -0.1) is 23.1 Å². The molecule has 0 bridgehead atoms. The lowest BCUT2D eigenvalue weighted by Crippen LogP contribution is -2.74. The number of carbonyl (C=O) groups is 3. The van der Waals surface area contributed by atoms with Gasteiger partial charge in [0.05, 0.1) is 6.42 Å². The maximum Gasteiger partial charge on any atom is 0.334 e. The first-order valence-electron chi connectivity index (χ1n) is 13.5. The zero-order valence-corrected chi connectivity index (χ0v) is 24.0. The number of esters is 1. The van der Waals surface area contributed by atoms with Gasteiger partial charge in [-0.3, -0.25) is 9.59 Å². The molecule has 6 rings (SSSR count). The minimum absolute atomic E-state index is 0.175. The molecule has 3 aromatic carbocycles. The van der Waals surface area contributed by atoms with Crippen LogP contribution in [0, 0.1) is 0 Å². The fourth-order valence-electron chi connectivity index (χ4n) is 5.26. The predicted octanol–water partition coefficient (Wildman–Crippen LogP) is 5.01. The Labute approximate surface area is 251 Å². The number of thioether (sulfide) groups is 1. The van der Waals surface area contributed by atoms with Crippen molar-refractivity contribution >= 4 is 40.9 Å². The van der Waals surface area contributed by atoms with Crippen LogP contribution in [0.25, 0.3) is 0 Å². The van der Waals surface area contributed by atoms with Gasteiger partial charge in [-0.05, 0) is 33.5 Å². The second-order valence-corrected chi connectivity index (χ2v) is 12.1. The number of aliphatic hydroxyl groups is 1. The monoisotopic (exact) mass is 596 g/mol. The van der Waals surface area contributed by atoms with Crippen molar-refractivity contribution in [2.24, 2.45) is 0 Å². The van der Waals surface area contributed by atoms with Crippen LogP contribution in [-0.4, -0.2) is 45.2 Å². The summed E-state index contributed by atoms with van der Waals surface area (Å²) in [4.78, 5) is 42.7. The molecule has 2 amide bonds. The number of thiophene rings is 1. The molecule has 1 fully saturated rings. The topological polar surface area (TPSA) is 95.9 Å². The SMILES string of the molecule is O=C(Cc1cccs1)N[C@@H]1C(=O)N2C(C(=O)OC(c3ccccc3)c3ccccc3)C(C(O)c3ccccc3)=CS[C@H]12. The molecular weight excluding hydrogens is 569 g/mol. The highest BCUT2D eigenvalue weighted by atomic mass is 32.2. The highest BCUT2D eigenvalue weighted by Crippen LogP contribution is 2.44. The third-order valence-electron chi connectivity index (χ3n) is 7.34. The number of hydrogen-bond donors (Lipinski definition) is 2. The van der Waals surface area contributed by atoms with Crippen molar-refractivity contribution in [2.45, 2.75) is 36.1 Å². The average molecular weight is 597 g/mol. The second kappa shape index (κ2) is 12.4. The Morgan fingerprint density at radius 2 is 1.45 bits per heavy atom. The molecule has 2 aliphatic rings. The number of nitrogens with zero attached hydrogens (tertiary/aromatic N) is 1. The summed E-state index contributed by atoms with van der Waals surface area (Å²) in [7, 11) is 0. The number of benzene rings is 3. The van der Waals surface area contributed by atoms with E-state index in [0.29, 0.717) is 11.1 Å². The van der Waals surface area contributed by atoms with Gasteiger partial charge in [0.1, 0.15) is 17.5 Å². The molecular formula is C33H28N2O5S2. The fraction of sp³-hybridized carbons (Fsp3) is 0.182. The molecule has 0 saturated carbocycles. The zero-order valence-electron chi connectivity index (χ0n) is 22.4. The van der Waals surface area contributed by atoms with Gasteiger partial charge in [-0.1, -0.05) is 97.1 Å². The summed E-state index contributed by atoms with van der Waals surface area (Å²) in [5, 5.41) is 17.4. The van der Waals surface area contributed by atoms with Crippen molar-refractivity contribution < 1.29 is 24.2 Å². The van der Waals surface area contributed by atoms with E-state index >= 15 is 0 Å². The highest BCUT2D eigenvalue weighted by Gasteiger charge is 2.57. The number of rotatable bonds is 9. The maximum absolute atomic E-state index is 14.1. The smallest absolute Gasteiger partial charge is 0.334 e. The summed E-state index contributed by atoms with van der Waals surface area (Å²) in [6, 6.07) is 29.6. The van der Waals surface area contributed by atoms with Crippen LogP contribution in [0.3, 0.4) is 0 Å². The molecule has 212 valence electrons. The lowest BCUT2D eigenvalue weighted by Gasteiger charge is -2.52. The molecule has 2 aliphatic heterocycles. The van der Waals surface area contributed by atoms with E-state index in [1.807, 2.05) is 84.2 Å². The lowest BCUT2D eigenvalue weighted by atomic mass is 9.91. The Kier molecular flexibility index (Phi) is 8.23. The van der Waals surface area contributed by atoms with Gasteiger partial charge >= 0.3 is 5.97 Å². The molecule has 2 unspecified atom stereocenters. The minimum Gasteiger partial charge on any atom is -0.451 e. The molecule has 42 heavy (non-hydrogen) atoms.